The zero-order valence-electron chi connectivity index (χ0n) is 8.62. The van der Waals surface area contributed by atoms with Crippen LogP contribution in [-0.4, -0.2) is 42.2 Å². The van der Waals surface area contributed by atoms with Crippen molar-refractivity contribution in [3.63, 3.8) is 0 Å². The van der Waals surface area contributed by atoms with E-state index < -0.39 is 0 Å². The molecule has 2 aliphatic rings. The molecule has 0 aromatic heterocycles. The van der Waals surface area contributed by atoms with E-state index >= 15 is 0 Å². The van der Waals surface area contributed by atoms with Gasteiger partial charge in [0.05, 0.1) is 0 Å². The quantitative estimate of drug-likeness (QED) is 0.738. The van der Waals surface area contributed by atoms with E-state index in [0.717, 1.165) is 23.9 Å². The molecule has 2 nitrogen and oxygen atoms in total. The zero-order valence-corrected chi connectivity index (χ0v) is 9.44. The summed E-state index contributed by atoms with van der Waals surface area (Å²) in [6.07, 6.45) is 2.91. The van der Waals surface area contributed by atoms with Crippen molar-refractivity contribution in [2.75, 3.05) is 25.2 Å². The molecule has 0 radical (unpaired) electrons. The molecule has 76 valence electrons. The van der Waals surface area contributed by atoms with Crippen molar-refractivity contribution < 1.29 is 0 Å². The second-order valence-corrected chi connectivity index (χ2v) is 5.46. The summed E-state index contributed by atoms with van der Waals surface area (Å²) in [5, 5.41) is 3.52. The molecule has 0 amide bonds. The molecule has 0 aromatic carbocycles. The SMILES string of the molecule is CC(C1CC1)N(C)CC1CSCN1. The molecule has 2 fully saturated rings. The van der Waals surface area contributed by atoms with E-state index in [1.807, 2.05) is 11.8 Å². The van der Waals surface area contributed by atoms with Crippen LogP contribution in [0, 0.1) is 5.92 Å². The average molecular weight is 200 g/mol. The van der Waals surface area contributed by atoms with Gasteiger partial charge < -0.3 is 10.2 Å². The van der Waals surface area contributed by atoms with Crippen molar-refractivity contribution in [1.29, 1.82) is 0 Å². The van der Waals surface area contributed by atoms with Gasteiger partial charge in [-0.1, -0.05) is 0 Å². The zero-order chi connectivity index (χ0) is 9.26. The van der Waals surface area contributed by atoms with E-state index in [-0.39, 0.29) is 0 Å². The van der Waals surface area contributed by atoms with Crippen LogP contribution in [0.1, 0.15) is 19.8 Å². The highest BCUT2D eigenvalue weighted by Crippen LogP contribution is 2.34. The number of nitrogens with zero attached hydrogens (tertiary/aromatic N) is 1. The van der Waals surface area contributed by atoms with Crippen LogP contribution < -0.4 is 5.32 Å². The minimum Gasteiger partial charge on any atom is -0.303 e. The van der Waals surface area contributed by atoms with Gasteiger partial charge in [-0.25, -0.2) is 0 Å². The number of nitrogens with one attached hydrogen (secondary N) is 1. The molecule has 2 rings (SSSR count). The second kappa shape index (κ2) is 4.20. The Bertz CT molecular complexity index is 164. The topological polar surface area (TPSA) is 15.3 Å². The highest BCUT2D eigenvalue weighted by Gasteiger charge is 2.31. The van der Waals surface area contributed by atoms with Crippen LogP contribution in [0.25, 0.3) is 0 Å². The third-order valence-electron chi connectivity index (χ3n) is 3.30. The molecule has 1 saturated carbocycles. The molecular formula is C10H20N2S. The molecule has 1 aliphatic heterocycles. The molecule has 2 unspecified atom stereocenters. The van der Waals surface area contributed by atoms with Crippen LogP contribution in [0.4, 0.5) is 0 Å². The van der Waals surface area contributed by atoms with E-state index in [4.69, 9.17) is 0 Å². The number of hydrogen-bond donors (Lipinski definition) is 1. The van der Waals surface area contributed by atoms with Crippen molar-refractivity contribution in [3.05, 3.63) is 0 Å². The Balaban J connectivity index is 1.72. The van der Waals surface area contributed by atoms with Gasteiger partial charge in [0, 0.05) is 30.3 Å². The number of likely N-dealkylation sites (N-methyl/N-ethyl adjacent to an activating group) is 1. The summed E-state index contributed by atoms with van der Waals surface area (Å²) >= 11 is 2.02. The molecule has 0 bridgehead atoms. The van der Waals surface area contributed by atoms with Crippen LogP contribution in [0.2, 0.25) is 0 Å². The van der Waals surface area contributed by atoms with Gasteiger partial charge in [-0.15, -0.1) is 11.8 Å². The van der Waals surface area contributed by atoms with Gasteiger partial charge in [0.1, 0.15) is 0 Å². The fourth-order valence-corrected chi connectivity index (χ4v) is 2.99. The lowest BCUT2D eigenvalue weighted by atomic mass is 10.2. The summed E-state index contributed by atoms with van der Waals surface area (Å²) in [4.78, 5) is 2.53. The smallest absolute Gasteiger partial charge is 0.0421 e. The van der Waals surface area contributed by atoms with E-state index in [9.17, 15) is 0 Å². The minimum atomic E-state index is 0.733. The van der Waals surface area contributed by atoms with Gasteiger partial charge >= 0.3 is 0 Å². The van der Waals surface area contributed by atoms with Crippen molar-refractivity contribution >= 4 is 11.8 Å². The molecule has 1 heterocycles. The Labute approximate surface area is 85.4 Å². The van der Waals surface area contributed by atoms with Gasteiger partial charge in [0.2, 0.25) is 0 Å². The average Bonchev–Trinajstić information content (AvgIpc) is 2.85. The van der Waals surface area contributed by atoms with E-state index in [1.54, 1.807) is 0 Å². The normalized spacial score (nSPS) is 31.2. The first-order valence-electron chi connectivity index (χ1n) is 5.28. The Kier molecular flexibility index (Phi) is 3.17. The molecular weight excluding hydrogens is 180 g/mol. The van der Waals surface area contributed by atoms with Gasteiger partial charge in [0.25, 0.3) is 0 Å². The first kappa shape index (κ1) is 9.81. The highest BCUT2D eigenvalue weighted by molar-refractivity contribution is 7.99. The van der Waals surface area contributed by atoms with Crippen molar-refractivity contribution in [3.8, 4) is 0 Å². The standard InChI is InChI=1S/C10H20N2S/c1-8(9-3-4-9)12(2)5-10-6-13-7-11-10/h8-11H,3-7H2,1-2H3. The summed E-state index contributed by atoms with van der Waals surface area (Å²) in [5.74, 6) is 3.44. The van der Waals surface area contributed by atoms with Gasteiger partial charge in [-0.05, 0) is 32.7 Å². The van der Waals surface area contributed by atoms with Crippen LogP contribution >= 0.6 is 11.8 Å². The summed E-state index contributed by atoms with van der Waals surface area (Å²) in [5.41, 5.74) is 0. The van der Waals surface area contributed by atoms with Crippen molar-refractivity contribution in [2.45, 2.75) is 31.8 Å². The lowest BCUT2D eigenvalue weighted by molar-refractivity contribution is 0.219. The fraction of sp³-hybridized carbons (Fsp3) is 1.00. The summed E-state index contributed by atoms with van der Waals surface area (Å²) in [6, 6.07) is 1.53. The van der Waals surface area contributed by atoms with Gasteiger partial charge in [0.15, 0.2) is 0 Å². The number of hydrogen-bond acceptors (Lipinski definition) is 3. The second-order valence-electron chi connectivity index (χ2n) is 4.43. The molecule has 13 heavy (non-hydrogen) atoms. The molecule has 2 atom stereocenters. The first-order chi connectivity index (χ1) is 6.27. The lowest BCUT2D eigenvalue weighted by Gasteiger charge is -2.27. The Morgan fingerprint density at radius 2 is 2.31 bits per heavy atom. The van der Waals surface area contributed by atoms with Crippen molar-refractivity contribution in [1.82, 2.24) is 10.2 Å². The summed E-state index contributed by atoms with van der Waals surface area (Å²) in [7, 11) is 2.27. The van der Waals surface area contributed by atoms with Crippen LogP contribution in [-0.2, 0) is 0 Å². The van der Waals surface area contributed by atoms with E-state index in [0.29, 0.717) is 0 Å². The summed E-state index contributed by atoms with van der Waals surface area (Å²) in [6.45, 7) is 3.60. The third kappa shape index (κ3) is 2.61. The van der Waals surface area contributed by atoms with Gasteiger partial charge in [-0.3, -0.25) is 0 Å². The van der Waals surface area contributed by atoms with Crippen LogP contribution in [0.5, 0.6) is 0 Å². The maximum absolute atomic E-state index is 3.52. The monoisotopic (exact) mass is 200 g/mol. The van der Waals surface area contributed by atoms with E-state index in [2.05, 4.69) is 24.2 Å². The third-order valence-corrected chi connectivity index (χ3v) is 4.31. The fourth-order valence-electron chi connectivity index (χ4n) is 2.01. The van der Waals surface area contributed by atoms with Crippen LogP contribution in [0.3, 0.4) is 0 Å². The van der Waals surface area contributed by atoms with E-state index in [1.165, 1.54) is 25.1 Å². The van der Waals surface area contributed by atoms with Gasteiger partial charge in [-0.2, -0.15) is 0 Å². The van der Waals surface area contributed by atoms with Crippen LogP contribution in [0.15, 0.2) is 0 Å². The predicted octanol–water partition coefficient (Wildman–Crippen LogP) is 1.38. The largest absolute Gasteiger partial charge is 0.303 e. The number of rotatable bonds is 4. The molecule has 1 N–H and O–H groups in total. The molecule has 0 aromatic rings. The molecule has 1 saturated heterocycles. The van der Waals surface area contributed by atoms with Crippen molar-refractivity contribution in [2.24, 2.45) is 5.92 Å². The molecule has 0 spiro atoms. The molecule has 3 heteroatoms. The predicted molar refractivity (Wildman–Crippen MR) is 59.1 cm³/mol. The molecule has 1 aliphatic carbocycles. The summed E-state index contributed by atoms with van der Waals surface area (Å²) < 4.78 is 0. The Morgan fingerprint density at radius 3 is 2.85 bits per heavy atom. The maximum atomic E-state index is 3.52. The maximum Gasteiger partial charge on any atom is 0.0421 e. The Morgan fingerprint density at radius 1 is 1.54 bits per heavy atom. The highest BCUT2D eigenvalue weighted by atomic mass is 32.2. The minimum absolute atomic E-state index is 0.733. The lowest BCUT2D eigenvalue weighted by Crippen LogP contribution is -2.41. The Hall–Kier alpha value is 0.270. The number of thioether (sulfide) groups is 1. The first-order valence-corrected chi connectivity index (χ1v) is 6.44.